The molecule has 0 atom stereocenters. The zero-order valence-corrected chi connectivity index (χ0v) is 10.3. The SMILES string of the molecule is C=C(NC)C(=C)C(=O)N1CCC2=C1C=CCC2. The van der Waals surface area contributed by atoms with Crippen molar-refractivity contribution >= 4 is 5.91 Å². The van der Waals surface area contributed by atoms with Gasteiger partial charge in [0.15, 0.2) is 0 Å². The number of hydrogen-bond donors (Lipinski definition) is 1. The molecule has 1 aliphatic heterocycles. The van der Waals surface area contributed by atoms with Crippen molar-refractivity contribution in [2.24, 2.45) is 0 Å². The van der Waals surface area contributed by atoms with Crippen LogP contribution in [0.2, 0.25) is 0 Å². The summed E-state index contributed by atoms with van der Waals surface area (Å²) in [5, 5.41) is 2.87. The van der Waals surface area contributed by atoms with Crippen LogP contribution in [0.5, 0.6) is 0 Å². The van der Waals surface area contributed by atoms with E-state index in [2.05, 4.69) is 30.6 Å². The quantitative estimate of drug-likeness (QED) is 0.595. The van der Waals surface area contributed by atoms with Gasteiger partial charge in [-0.25, -0.2) is 0 Å². The lowest BCUT2D eigenvalue weighted by atomic mass is 10.0. The molecule has 0 bridgehead atoms. The maximum Gasteiger partial charge on any atom is 0.259 e. The third-order valence-electron chi connectivity index (χ3n) is 3.35. The second-order valence-electron chi connectivity index (χ2n) is 4.34. The lowest BCUT2D eigenvalue weighted by Gasteiger charge is -2.21. The van der Waals surface area contributed by atoms with E-state index < -0.39 is 0 Å². The van der Waals surface area contributed by atoms with Crippen molar-refractivity contribution < 1.29 is 4.79 Å². The highest BCUT2D eigenvalue weighted by molar-refractivity contribution is 5.98. The normalized spacial score (nSPS) is 18.1. The van der Waals surface area contributed by atoms with E-state index in [1.807, 2.05) is 4.90 Å². The van der Waals surface area contributed by atoms with E-state index in [0.717, 1.165) is 31.5 Å². The number of allylic oxidation sites excluding steroid dienone is 2. The van der Waals surface area contributed by atoms with Gasteiger partial charge in [-0.05, 0) is 30.9 Å². The number of nitrogens with zero attached hydrogens (tertiary/aromatic N) is 1. The zero-order chi connectivity index (χ0) is 12.4. The number of carbonyl (C=O) groups is 1. The summed E-state index contributed by atoms with van der Waals surface area (Å²) in [5.41, 5.74) is 3.50. The molecule has 17 heavy (non-hydrogen) atoms. The van der Waals surface area contributed by atoms with Gasteiger partial charge in [-0.2, -0.15) is 0 Å². The number of carbonyl (C=O) groups excluding carboxylic acids is 1. The first-order chi connectivity index (χ1) is 8.15. The molecule has 1 N–H and O–H groups in total. The Balaban J connectivity index is 2.17. The lowest BCUT2D eigenvalue weighted by Crippen LogP contribution is -2.30. The van der Waals surface area contributed by atoms with Crippen LogP contribution in [0.25, 0.3) is 0 Å². The Morgan fingerprint density at radius 3 is 2.88 bits per heavy atom. The molecule has 90 valence electrons. The first kappa shape index (κ1) is 11.7. The number of amides is 1. The van der Waals surface area contributed by atoms with Crippen LogP contribution in [0, 0.1) is 0 Å². The molecule has 0 saturated carbocycles. The van der Waals surface area contributed by atoms with Crippen LogP contribution in [0.15, 0.2) is 47.9 Å². The molecule has 0 spiro atoms. The molecule has 1 aliphatic carbocycles. The molecule has 0 fully saturated rings. The molecule has 0 saturated heterocycles. The zero-order valence-electron chi connectivity index (χ0n) is 10.3. The summed E-state index contributed by atoms with van der Waals surface area (Å²) in [5.74, 6) is -0.0408. The van der Waals surface area contributed by atoms with Crippen LogP contribution in [0.3, 0.4) is 0 Å². The number of nitrogens with one attached hydrogen (secondary N) is 1. The maximum atomic E-state index is 12.3. The molecular weight excluding hydrogens is 212 g/mol. The van der Waals surface area contributed by atoms with Gasteiger partial charge in [0.2, 0.25) is 0 Å². The van der Waals surface area contributed by atoms with Gasteiger partial charge >= 0.3 is 0 Å². The molecular formula is C14H18N2O. The molecule has 1 heterocycles. The van der Waals surface area contributed by atoms with Crippen LogP contribution in [0.4, 0.5) is 0 Å². The Morgan fingerprint density at radius 2 is 2.18 bits per heavy atom. The highest BCUT2D eigenvalue weighted by Crippen LogP contribution is 2.32. The Morgan fingerprint density at radius 1 is 1.41 bits per heavy atom. The largest absolute Gasteiger partial charge is 0.388 e. The molecule has 0 radical (unpaired) electrons. The Kier molecular flexibility index (Phi) is 3.18. The summed E-state index contributed by atoms with van der Waals surface area (Å²) in [6.07, 6.45) is 7.34. The van der Waals surface area contributed by atoms with Gasteiger partial charge in [0, 0.05) is 25.0 Å². The third-order valence-corrected chi connectivity index (χ3v) is 3.35. The molecule has 3 heteroatoms. The van der Waals surface area contributed by atoms with Gasteiger partial charge in [0.25, 0.3) is 5.91 Å². The fourth-order valence-corrected chi connectivity index (χ4v) is 2.25. The summed E-state index contributed by atoms with van der Waals surface area (Å²) >= 11 is 0. The first-order valence-corrected chi connectivity index (χ1v) is 5.91. The van der Waals surface area contributed by atoms with Crippen molar-refractivity contribution in [1.82, 2.24) is 10.2 Å². The summed E-state index contributed by atoms with van der Waals surface area (Å²) in [6.45, 7) is 8.35. The smallest absolute Gasteiger partial charge is 0.259 e. The van der Waals surface area contributed by atoms with Crippen molar-refractivity contribution in [3.05, 3.63) is 47.9 Å². The average Bonchev–Trinajstić information content (AvgIpc) is 2.79. The van der Waals surface area contributed by atoms with Crippen LogP contribution < -0.4 is 5.32 Å². The second kappa shape index (κ2) is 4.62. The molecule has 0 aromatic rings. The Labute approximate surface area is 102 Å². The van der Waals surface area contributed by atoms with E-state index in [1.54, 1.807) is 7.05 Å². The minimum atomic E-state index is -0.0408. The third kappa shape index (κ3) is 2.05. The van der Waals surface area contributed by atoms with Crippen molar-refractivity contribution in [3.8, 4) is 0 Å². The Hall–Kier alpha value is -1.77. The van der Waals surface area contributed by atoms with Crippen molar-refractivity contribution in [2.45, 2.75) is 19.3 Å². The predicted octanol–water partition coefficient (Wildman–Crippen LogP) is 2.11. The Bertz CT molecular complexity index is 443. The van der Waals surface area contributed by atoms with Crippen molar-refractivity contribution in [3.63, 3.8) is 0 Å². The average molecular weight is 230 g/mol. The van der Waals surface area contributed by atoms with Gasteiger partial charge < -0.3 is 10.2 Å². The van der Waals surface area contributed by atoms with E-state index in [9.17, 15) is 4.79 Å². The highest BCUT2D eigenvalue weighted by Gasteiger charge is 2.28. The first-order valence-electron chi connectivity index (χ1n) is 5.91. The maximum absolute atomic E-state index is 12.3. The van der Waals surface area contributed by atoms with Gasteiger partial charge in [-0.1, -0.05) is 19.2 Å². The highest BCUT2D eigenvalue weighted by atomic mass is 16.2. The van der Waals surface area contributed by atoms with Gasteiger partial charge in [0.1, 0.15) is 0 Å². The fourth-order valence-electron chi connectivity index (χ4n) is 2.25. The molecule has 1 amide bonds. The van der Waals surface area contributed by atoms with Crippen LogP contribution in [-0.4, -0.2) is 24.4 Å². The van der Waals surface area contributed by atoms with Crippen LogP contribution in [-0.2, 0) is 4.79 Å². The second-order valence-corrected chi connectivity index (χ2v) is 4.34. The van der Waals surface area contributed by atoms with Crippen molar-refractivity contribution in [1.29, 1.82) is 0 Å². The topological polar surface area (TPSA) is 32.3 Å². The van der Waals surface area contributed by atoms with Crippen LogP contribution in [0.1, 0.15) is 19.3 Å². The van der Waals surface area contributed by atoms with Gasteiger partial charge in [0.05, 0.1) is 5.57 Å². The predicted molar refractivity (Wildman–Crippen MR) is 69.1 cm³/mol. The number of hydrogen-bond acceptors (Lipinski definition) is 2. The monoisotopic (exact) mass is 230 g/mol. The molecule has 0 aromatic heterocycles. The molecule has 2 aliphatic rings. The summed E-state index contributed by atoms with van der Waals surface area (Å²) in [6, 6.07) is 0. The van der Waals surface area contributed by atoms with E-state index in [4.69, 9.17) is 0 Å². The standard InChI is InChI=1S/C14H18N2O/c1-10(11(2)15-3)14(17)16-9-8-12-6-4-5-7-13(12)16/h5,7,15H,1-2,4,6,8-9H2,3H3. The van der Waals surface area contributed by atoms with Gasteiger partial charge in [-0.3, -0.25) is 4.79 Å². The summed E-state index contributed by atoms with van der Waals surface area (Å²) in [7, 11) is 1.75. The van der Waals surface area contributed by atoms with E-state index in [1.165, 1.54) is 5.57 Å². The summed E-state index contributed by atoms with van der Waals surface area (Å²) < 4.78 is 0. The molecule has 3 nitrogen and oxygen atoms in total. The van der Waals surface area contributed by atoms with Crippen molar-refractivity contribution in [2.75, 3.05) is 13.6 Å². The minimum Gasteiger partial charge on any atom is -0.388 e. The van der Waals surface area contributed by atoms with E-state index in [-0.39, 0.29) is 5.91 Å². The molecule has 2 rings (SSSR count). The number of rotatable bonds is 3. The van der Waals surface area contributed by atoms with Crippen LogP contribution >= 0.6 is 0 Å². The lowest BCUT2D eigenvalue weighted by molar-refractivity contribution is -0.124. The summed E-state index contributed by atoms with van der Waals surface area (Å²) in [4.78, 5) is 14.1. The fraction of sp³-hybridized carbons (Fsp3) is 0.357. The van der Waals surface area contributed by atoms with E-state index in [0.29, 0.717) is 11.3 Å². The minimum absolute atomic E-state index is 0.0408. The number of likely N-dealkylation sites (N-methyl/N-ethyl adjacent to an activating group) is 1. The molecule has 0 unspecified atom stereocenters. The molecule has 0 aromatic carbocycles. The van der Waals surface area contributed by atoms with E-state index >= 15 is 0 Å². The van der Waals surface area contributed by atoms with Gasteiger partial charge in [-0.15, -0.1) is 0 Å².